The third-order valence-electron chi connectivity index (χ3n) is 9.36. The van der Waals surface area contributed by atoms with Gasteiger partial charge in [-0.2, -0.15) is 0 Å². The molecule has 4 saturated carbocycles. The Morgan fingerprint density at radius 3 is 1.46 bits per heavy atom. The van der Waals surface area contributed by atoms with Gasteiger partial charge in [-0.1, -0.05) is 32.6 Å². The highest BCUT2D eigenvalue weighted by Gasteiger charge is 2.45. The van der Waals surface area contributed by atoms with E-state index in [1.165, 1.54) is 64.2 Å². The van der Waals surface area contributed by atoms with E-state index >= 15 is 0 Å². The summed E-state index contributed by atoms with van der Waals surface area (Å²) in [6.45, 7) is 2.31. The average Bonchev–Trinajstić information content (AvgIpc) is 2.71. The summed E-state index contributed by atoms with van der Waals surface area (Å²) in [5.41, 5.74) is 0. The van der Waals surface area contributed by atoms with Crippen molar-refractivity contribution in [2.24, 2.45) is 41.4 Å². The van der Waals surface area contributed by atoms with Crippen molar-refractivity contribution >= 4 is 0 Å². The molecule has 6 atom stereocenters. The predicted molar refractivity (Wildman–Crippen MR) is 109 cm³/mol. The molecule has 0 heterocycles. The van der Waals surface area contributed by atoms with Crippen LogP contribution in [0.3, 0.4) is 0 Å². The molecule has 28 heavy (non-hydrogen) atoms. The molecule has 4 aliphatic rings. The first-order chi connectivity index (χ1) is 13.5. The molecule has 0 spiro atoms. The van der Waals surface area contributed by atoms with Crippen molar-refractivity contribution in [3.63, 3.8) is 0 Å². The van der Waals surface area contributed by atoms with Crippen LogP contribution in [0.1, 0.15) is 96.8 Å². The lowest BCUT2D eigenvalue weighted by molar-refractivity contribution is -0.0192. The Labute approximate surface area is 170 Å². The van der Waals surface area contributed by atoms with E-state index < -0.39 is 18.5 Å². The van der Waals surface area contributed by atoms with Crippen LogP contribution in [0.4, 0.5) is 13.2 Å². The molecule has 0 radical (unpaired) electrons. The summed E-state index contributed by atoms with van der Waals surface area (Å²) in [5, 5.41) is 0. The van der Waals surface area contributed by atoms with Crippen LogP contribution < -0.4 is 0 Å². The molecule has 0 N–H and O–H groups in total. The van der Waals surface area contributed by atoms with Gasteiger partial charge in [0.25, 0.3) is 0 Å². The molecule has 0 aromatic carbocycles. The number of rotatable bonds is 4. The highest BCUT2D eigenvalue weighted by molar-refractivity contribution is 4.94. The van der Waals surface area contributed by atoms with E-state index in [2.05, 4.69) is 6.92 Å². The van der Waals surface area contributed by atoms with Crippen LogP contribution in [0, 0.1) is 41.4 Å². The van der Waals surface area contributed by atoms with Crippen LogP contribution in [-0.4, -0.2) is 18.5 Å². The second-order valence-electron chi connectivity index (χ2n) is 10.9. The minimum absolute atomic E-state index is 0.0736. The van der Waals surface area contributed by atoms with E-state index in [9.17, 15) is 13.2 Å². The summed E-state index contributed by atoms with van der Waals surface area (Å²) >= 11 is 0. The maximum Gasteiger partial charge on any atom is 0.162 e. The summed E-state index contributed by atoms with van der Waals surface area (Å²) in [4.78, 5) is 0. The third kappa shape index (κ3) is 4.59. The zero-order chi connectivity index (χ0) is 19.7. The van der Waals surface area contributed by atoms with Gasteiger partial charge in [0, 0.05) is 0 Å². The van der Waals surface area contributed by atoms with Crippen molar-refractivity contribution in [1.82, 2.24) is 0 Å². The first kappa shape index (κ1) is 21.0. The molecular formula is C25H41F3. The molecule has 0 nitrogen and oxygen atoms in total. The van der Waals surface area contributed by atoms with E-state index in [1.54, 1.807) is 0 Å². The topological polar surface area (TPSA) is 0 Å². The lowest BCUT2D eigenvalue weighted by Crippen LogP contribution is -2.42. The smallest absolute Gasteiger partial charge is 0.162 e. The van der Waals surface area contributed by atoms with Crippen LogP contribution in [0.5, 0.6) is 0 Å². The van der Waals surface area contributed by atoms with Gasteiger partial charge < -0.3 is 0 Å². The summed E-state index contributed by atoms with van der Waals surface area (Å²) in [6.07, 6.45) is 11.7. The Bertz CT molecular complexity index is 474. The maximum atomic E-state index is 13.9. The second-order valence-corrected chi connectivity index (χ2v) is 10.9. The molecule has 4 rings (SSSR count). The van der Waals surface area contributed by atoms with Crippen LogP contribution in [0.25, 0.3) is 0 Å². The number of hydrogen-bond donors (Lipinski definition) is 0. The predicted octanol–water partition coefficient (Wildman–Crippen LogP) is 7.85. The molecule has 0 aromatic heterocycles. The van der Waals surface area contributed by atoms with E-state index in [-0.39, 0.29) is 18.8 Å². The van der Waals surface area contributed by atoms with Gasteiger partial charge in [0.1, 0.15) is 12.3 Å². The first-order valence-corrected chi connectivity index (χ1v) is 12.5. The van der Waals surface area contributed by atoms with Gasteiger partial charge in [-0.25, -0.2) is 13.2 Å². The summed E-state index contributed by atoms with van der Waals surface area (Å²) in [7, 11) is 0. The minimum Gasteiger partial charge on any atom is -0.244 e. The number of fused-ring (bicyclic) bond motifs is 1. The van der Waals surface area contributed by atoms with Gasteiger partial charge >= 0.3 is 0 Å². The monoisotopic (exact) mass is 398 g/mol. The molecule has 162 valence electrons. The largest absolute Gasteiger partial charge is 0.244 e. The number of hydrogen-bond acceptors (Lipinski definition) is 0. The van der Waals surface area contributed by atoms with Crippen molar-refractivity contribution in [3.05, 3.63) is 0 Å². The maximum absolute atomic E-state index is 13.9. The Kier molecular flexibility index (Phi) is 6.98. The van der Waals surface area contributed by atoms with E-state index in [0.717, 1.165) is 42.4 Å². The van der Waals surface area contributed by atoms with Gasteiger partial charge in [0.15, 0.2) is 6.17 Å². The fraction of sp³-hybridized carbons (Fsp3) is 1.00. The van der Waals surface area contributed by atoms with Crippen molar-refractivity contribution in [2.75, 3.05) is 0 Å². The lowest BCUT2D eigenvalue weighted by Gasteiger charge is -2.47. The molecule has 0 saturated heterocycles. The number of halogens is 3. The summed E-state index contributed by atoms with van der Waals surface area (Å²) in [5.74, 6) is 5.02. The molecule has 0 amide bonds. The van der Waals surface area contributed by atoms with Gasteiger partial charge in [-0.3, -0.25) is 0 Å². The van der Waals surface area contributed by atoms with Crippen LogP contribution in [0.2, 0.25) is 0 Å². The van der Waals surface area contributed by atoms with Crippen LogP contribution >= 0.6 is 0 Å². The van der Waals surface area contributed by atoms with E-state index in [0.29, 0.717) is 5.92 Å². The molecule has 3 heteroatoms. The Morgan fingerprint density at radius 1 is 0.536 bits per heavy atom. The molecule has 0 bridgehead atoms. The van der Waals surface area contributed by atoms with Gasteiger partial charge in [0.05, 0.1) is 0 Å². The lowest BCUT2D eigenvalue weighted by atomic mass is 9.58. The first-order valence-electron chi connectivity index (χ1n) is 12.5. The SMILES string of the molecule is CCCC1CCC(C2CCC3CC(C4CC(F)C(F)C(F)C4)CCC3C2)CC1. The standard InChI is InChI=1S/C25H41F3/c1-2-3-16-4-6-17(7-5-16)18-8-9-20-13-21(11-10-19(20)12-18)22-14-23(26)25(28)24(27)15-22/h16-25H,2-15H2,1H3. The molecule has 0 aromatic rings. The van der Waals surface area contributed by atoms with Gasteiger partial charge in [0.2, 0.25) is 0 Å². The highest BCUT2D eigenvalue weighted by atomic mass is 19.2. The third-order valence-corrected chi connectivity index (χ3v) is 9.36. The van der Waals surface area contributed by atoms with Crippen molar-refractivity contribution in [1.29, 1.82) is 0 Å². The minimum atomic E-state index is -1.88. The van der Waals surface area contributed by atoms with Crippen LogP contribution in [-0.2, 0) is 0 Å². The molecule has 4 aliphatic carbocycles. The summed E-state index contributed by atoms with van der Waals surface area (Å²) in [6, 6.07) is 0. The highest BCUT2D eigenvalue weighted by Crippen LogP contribution is 2.52. The zero-order valence-electron chi connectivity index (χ0n) is 17.8. The normalized spacial score (nSPS) is 50.1. The molecule has 6 unspecified atom stereocenters. The fourth-order valence-corrected chi connectivity index (χ4v) is 7.72. The Balaban J connectivity index is 1.26. The zero-order valence-corrected chi connectivity index (χ0v) is 17.8. The van der Waals surface area contributed by atoms with Crippen molar-refractivity contribution in [3.8, 4) is 0 Å². The van der Waals surface area contributed by atoms with Gasteiger partial charge in [-0.05, 0) is 106 Å². The number of alkyl halides is 3. The average molecular weight is 399 g/mol. The second kappa shape index (κ2) is 9.29. The van der Waals surface area contributed by atoms with Crippen LogP contribution in [0.15, 0.2) is 0 Å². The van der Waals surface area contributed by atoms with Crippen molar-refractivity contribution < 1.29 is 13.2 Å². The molecule has 4 fully saturated rings. The van der Waals surface area contributed by atoms with E-state index in [4.69, 9.17) is 0 Å². The quantitative estimate of drug-likeness (QED) is 0.452. The van der Waals surface area contributed by atoms with Crippen molar-refractivity contribution in [2.45, 2.75) is 115 Å². The summed E-state index contributed by atoms with van der Waals surface area (Å²) < 4.78 is 41.3. The van der Waals surface area contributed by atoms with Gasteiger partial charge in [-0.15, -0.1) is 0 Å². The fourth-order valence-electron chi connectivity index (χ4n) is 7.72. The molecule has 0 aliphatic heterocycles. The molecular weight excluding hydrogens is 357 g/mol. The Hall–Kier alpha value is -0.210. The Morgan fingerprint density at radius 2 is 0.964 bits per heavy atom. The van der Waals surface area contributed by atoms with E-state index in [1.807, 2.05) is 0 Å².